The summed E-state index contributed by atoms with van der Waals surface area (Å²) in [7, 11) is 0. The molecule has 0 fully saturated rings. The van der Waals surface area contributed by atoms with E-state index < -0.39 is 12.0 Å². The van der Waals surface area contributed by atoms with Gasteiger partial charge in [0.1, 0.15) is 6.10 Å². The van der Waals surface area contributed by atoms with Crippen LogP contribution in [0.4, 0.5) is 0 Å². The van der Waals surface area contributed by atoms with Crippen molar-refractivity contribution in [3.05, 3.63) is 77.0 Å². The summed E-state index contributed by atoms with van der Waals surface area (Å²) in [5.41, 5.74) is 9.81. The van der Waals surface area contributed by atoms with Gasteiger partial charge >= 0.3 is 0 Å². The number of hydrogen-bond donors (Lipinski definition) is 2. The fourth-order valence-corrected chi connectivity index (χ4v) is 3.17. The van der Waals surface area contributed by atoms with Gasteiger partial charge in [0.15, 0.2) is 0 Å². The Hall–Kier alpha value is -2.98. The second-order valence-electron chi connectivity index (χ2n) is 5.55. The van der Waals surface area contributed by atoms with Gasteiger partial charge in [-0.3, -0.25) is 9.78 Å². The number of aromatic nitrogens is 1. The number of fused-ring (bicyclic) bond motifs is 2. The van der Waals surface area contributed by atoms with Crippen LogP contribution in [0, 0.1) is 0 Å². The molecule has 112 valence electrons. The molecular formula is C19H14N2O2. The van der Waals surface area contributed by atoms with Gasteiger partial charge in [-0.05, 0) is 46.5 Å². The number of hydrogen-bond acceptors (Lipinski definition) is 3. The molecule has 4 rings (SSSR count). The number of para-hydroxylation sites is 1. The number of benzene rings is 2. The van der Waals surface area contributed by atoms with Crippen molar-refractivity contribution in [2.24, 2.45) is 5.73 Å². The first-order valence-electron chi connectivity index (χ1n) is 7.33. The quantitative estimate of drug-likeness (QED) is 0.764. The molecule has 1 unspecified atom stereocenters. The first-order valence-corrected chi connectivity index (χ1v) is 7.33. The van der Waals surface area contributed by atoms with Gasteiger partial charge in [0.05, 0.1) is 5.52 Å². The van der Waals surface area contributed by atoms with Crippen molar-refractivity contribution in [2.45, 2.75) is 6.10 Å². The van der Waals surface area contributed by atoms with Gasteiger partial charge in [-0.2, -0.15) is 0 Å². The molecule has 1 aliphatic carbocycles. The third-order valence-corrected chi connectivity index (χ3v) is 4.25. The highest BCUT2D eigenvalue weighted by Gasteiger charge is 2.27. The predicted molar refractivity (Wildman–Crippen MR) is 89.5 cm³/mol. The van der Waals surface area contributed by atoms with Crippen LogP contribution in [0.1, 0.15) is 33.2 Å². The smallest absolute Gasteiger partial charge is 0.249 e. The average Bonchev–Trinajstić information content (AvgIpc) is 2.91. The molecular weight excluding hydrogens is 288 g/mol. The molecule has 1 amide bonds. The van der Waals surface area contributed by atoms with Crippen LogP contribution in [-0.2, 0) is 0 Å². The summed E-state index contributed by atoms with van der Waals surface area (Å²) in [4.78, 5) is 16.0. The summed E-state index contributed by atoms with van der Waals surface area (Å²) < 4.78 is 0. The molecule has 1 heterocycles. The summed E-state index contributed by atoms with van der Waals surface area (Å²) in [5.74, 6) is -0.494. The summed E-state index contributed by atoms with van der Waals surface area (Å²) in [5, 5.41) is 11.7. The second kappa shape index (κ2) is 5.04. The zero-order chi connectivity index (χ0) is 16.0. The summed E-state index contributed by atoms with van der Waals surface area (Å²) in [6.07, 6.45) is 2.79. The Balaban J connectivity index is 1.95. The summed E-state index contributed by atoms with van der Waals surface area (Å²) >= 11 is 0. The molecule has 0 saturated carbocycles. The first kappa shape index (κ1) is 13.7. The zero-order valence-corrected chi connectivity index (χ0v) is 12.2. The van der Waals surface area contributed by atoms with Crippen molar-refractivity contribution in [3.8, 4) is 0 Å². The second-order valence-corrected chi connectivity index (χ2v) is 5.55. The molecule has 1 atom stereocenters. The lowest BCUT2D eigenvalue weighted by Gasteiger charge is -2.12. The van der Waals surface area contributed by atoms with E-state index in [1.54, 1.807) is 18.3 Å². The fourth-order valence-electron chi connectivity index (χ4n) is 3.17. The highest BCUT2D eigenvalue weighted by atomic mass is 16.3. The Morgan fingerprint density at radius 2 is 1.91 bits per heavy atom. The number of carbonyl (C=O) groups excluding carboxylic acids is 1. The van der Waals surface area contributed by atoms with Crippen LogP contribution in [0.15, 0.2) is 54.7 Å². The summed E-state index contributed by atoms with van der Waals surface area (Å²) in [6.45, 7) is 0. The molecule has 0 saturated heterocycles. The number of pyridine rings is 1. The minimum atomic E-state index is -0.782. The van der Waals surface area contributed by atoms with Crippen molar-refractivity contribution in [2.75, 3.05) is 0 Å². The Kier molecular flexibility index (Phi) is 2.99. The normalized spacial score (nSPS) is 16.2. The largest absolute Gasteiger partial charge is 0.384 e. The Morgan fingerprint density at radius 3 is 2.74 bits per heavy atom. The minimum Gasteiger partial charge on any atom is -0.384 e. The maximum Gasteiger partial charge on any atom is 0.249 e. The predicted octanol–water partition coefficient (Wildman–Crippen LogP) is 2.92. The van der Waals surface area contributed by atoms with E-state index in [2.05, 4.69) is 4.98 Å². The monoisotopic (exact) mass is 302 g/mol. The molecule has 4 heteroatoms. The Labute approximate surface area is 132 Å². The van der Waals surface area contributed by atoms with Crippen LogP contribution in [0.3, 0.4) is 0 Å². The van der Waals surface area contributed by atoms with Crippen LogP contribution in [-0.4, -0.2) is 16.0 Å². The van der Waals surface area contributed by atoms with Crippen molar-refractivity contribution in [1.29, 1.82) is 0 Å². The number of nitrogens with zero attached hydrogens (tertiary/aromatic N) is 1. The number of rotatable bonds is 2. The van der Waals surface area contributed by atoms with E-state index in [1.165, 1.54) is 0 Å². The Morgan fingerprint density at radius 1 is 1.09 bits per heavy atom. The maximum absolute atomic E-state index is 11.6. The van der Waals surface area contributed by atoms with Crippen LogP contribution >= 0.6 is 0 Å². The van der Waals surface area contributed by atoms with Gasteiger partial charge in [0, 0.05) is 17.1 Å². The number of nitrogens with two attached hydrogens (primary N) is 1. The lowest BCUT2D eigenvalue weighted by Crippen LogP contribution is -2.13. The number of amides is 1. The van der Waals surface area contributed by atoms with E-state index in [1.807, 2.05) is 42.5 Å². The molecule has 0 bridgehead atoms. The number of primary amides is 1. The minimum absolute atomic E-state index is 0.426. The highest BCUT2D eigenvalue weighted by Crippen LogP contribution is 2.42. The molecule has 23 heavy (non-hydrogen) atoms. The molecule has 0 radical (unpaired) electrons. The molecule has 0 spiro atoms. The van der Waals surface area contributed by atoms with E-state index in [0.717, 1.165) is 22.0 Å². The molecule has 1 aliphatic rings. The maximum atomic E-state index is 11.6. The lowest BCUT2D eigenvalue weighted by atomic mass is 9.97. The van der Waals surface area contributed by atoms with E-state index in [4.69, 9.17) is 5.73 Å². The zero-order valence-electron chi connectivity index (χ0n) is 12.2. The number of carbonyl (C=O) groups is 1. The van der Waals surface area contributed by atoms with E-state index in [-0.39, 0.29) is 0 Å². The standard InChI is InChI=1S/C19H14N2O2/c20-19(23)14-6-3-5-13-15(14)10-16(18(13)22)11-8-9-21-17-7-2-1-4-12(11)17/h1-10,18,22H,(H2,20,23). The van der Waals surface area contributed by atoms with Crippen molar-refractivity contribution >= 4 is 28.5 Å². The van der Waals surface area contributed by atoms with Crippen LogP contribution in [0.2, 0.25) is 0 Å². The van der Waals surface area contributed by atoms with E-state index in [0.29, 0.717) is 16.7 Å². The molecule has 1 aromatic heterocycles. The van der Waals surface area contributed by atoms with Gasteiger partial charge in [0.2, 0.25) is 5.91 Å². The van der Waals surface area contributed by atoms with Gasteiger partial charge in [-0.1, -0.05) is 30.3 Å². The number of aliphatic hydroxyl groups is 1. The summed E-state index contributed by atoms with van der Waals surface area (Å²) in [6, 6.07) is 14.9. The van der Waals surface area contributed by atoms with E-state index in [9.17, 15) is 9.90 Å². The van der Waals surface area contributed by atoms with Gasteiger partial charge in [0.25, 0.3) is 0 Å². The highest BCUT2D eigenvalue weighted by molar-refractivity contribution is 6.05. The Bertz CT molecular complexity index is 971. The fraction of sp³-hybridized carbons (Fsp3) is 0.0526. The molecule has 0 aliphatic heterocycles. The van der Waals surface area contributed by atoms with Gasteiger partial charge in [-0.25, -0.2) is 0 Å². The van der Waals surface area contributed by atoms with E-state index >= 15 is 0 Å². The molecule has 4 nitrogen and oxygen atoms in total. The van der Waals surface area contributed by atoms with Crippen molar-refractivity contribution < 1.29 is 9.90 Å². The van der Waals surface area contributed by atoms with Crippen LogP contribution in [0.25, 0.3) is 22.6 Å². The number of aliphatic hydroxyl groups excluding tert-OH is 1. The SMILES string of the molecule is NC(=O)c1cccc2c1C=C(c1ccnc3ccccc13)C2O. The topological polar surface area (TPSA) is 76.2 Å². The molecule has 3 N–H and O–H groups in total. The molecule has 3 aromatic rings. The average molecular weight is 302 g/mol. The van der Waals surface area contributed by atoms with Crippen molar-refractivity contribution in [1.82, 2.24) is 4.98 Å². The third kappa shape index (κ3) is 2.04. The van der Waals surface area contributed by atoms with Crippen LogP contribution in [0.5, 0.6) is 0 Å². The first-order chi connectivity index (χ1) is 11.2. The molecule has 2 aromatic carbocycles. The van der Waals surface area contributed by atoms with Gasteiger partial charge < -0.3 is 10.8 Å². The van der Waals surface area contributed by atoms with Gasteiger partial charge in [-0.15, -0.1) is 0 Å². The van der Waals surface area contributed by atoms with Crippen molar-refractivity contribution in [3.63, 3.8) is 0 Å². The lowest BCUT2D eigenvalue weighted by molar-refractivity contribution is 0.1000. The van der Waals surface area contributed by atoms with Crippen LogP contribution < -0.4 is 5.73 Å². The third-order valence-electron chi connectivity index (χ3n) is 4.25.